The number of unbranched alkanes of at least 4 members (excludes halogenated alkanes) is 1. The zero-order valence-electron chi connectivity index (χ0n) is 18.4. The van der Waals surface area contributed by atoms with Crippen LogP contribution in [0.2, 0.25) is 0 Å². The SMILES string of the molecule is CCCCC1S/C(=N\N=C\c2ccc(OC)cc2)N(Cc2cccc3ccccc23)C1=O. The van der Waals surface area contributed by atoms with Gasteiger partial charge in [-0.1, -0.05) is 74.0 Å². The lowest BCUT2D eigenvalue weighted by atomic mass is 10.0. The fourth-order valence-electron chi connectivity index (χ4n) is 3.74. The number of hydrogen-bond acceptors (Lipinski definition) is 5. The Labute approximate surface area is 193 Å². The number of fused-ring (bicyclic) bond motifs is 1. The van der Waals surface area contributed by atoms with Gasteiger partial charge in [0.1, 0.15) is 5.75 Å². The number of ether oxygens (including phenoxy) is 1. The second-order valence-corrected chi connectivity index (χ2v) is 8.88. The average Bonchev–Trinajstić information content (AvgIpc) is 3.12. The molecule has 3 aromatic rings. The molecule has 3 aromatic carbocycles. The molecule has 1 heterocycles. The minimum Gasteiger partial charge on any atom is -0.497 e. The summed E-state index contributed by atoms with van der Waals surface area (Å²) in [6, 6.07) is 22.1. The molecule has 164 valence electrons. The Hall–Kier alpha value is -3.12. The zero-order chi connectivity index (χ0) is 22.3. The fourth-order valence-corrected chi connectivity index (χ4v) is 4.88. The summed E-state index contributed by atoms with van der Waals surface area (Å²) < 4.78 is 5.19. The van der Waals surface area contributed by atoms with E-state index in [2.05, 4.69) is 41.4 Å². The van der Waals surface area contributed by atoms with E-state index in [1.807, 2.05) is 42.5 Å². The van der Waals surface area contributed by atoms with Crippen molar-refractivity contribution in [3.05, 3.63) is 77.9 Å². The summed E-state index contributed by atoms with van der Waals surface area (Å²) in [4.78, 5) is 15.0. The molecular formula is C26H27N3O2S. The van der Waals surface area contributed by atoms with Crippen molar-refractivity contribution in [2.45, 2.75) is 38.0 Å². The monoisotopic (exact) mass is 445 g/mol. The van der Waals surface area contributed by atoms with Gasteiger partial charge in [0.15, 0.2) is 5.17 Å². The third-order valence-electron chi connectivity index (χ3n) is 5.51. The van der Waals surface area contributed by atoms with Gasteiger partial charge in [-0.05, 0) is 52.6 Å². The topological polar surface area (TPSA) is 54.3 Å². The number of amidine groups is 1. The molecule has 1 atom stereocenters. The number of rotatable bonds is 8. The van der Waals surface area contributed by atoms with E-state index in [1.54, 1.807) is 18.2 Å². The van der Waals surface area contributed by atoms with Gasteiger partial charge in [-0.2, -0.15) is 5.10 Å². The lowest BCUT2D eigenvalue weighted by Crippen LogP contribution is -2.31. The molecule has 0 radical (unpaired) electrons. The van der Waals surface area contributed by atoms with Crippen LogP contribution in [0.1, 0.15) is 37.3 Å². The number of carbonyl (C=O) groups is 1. The molecule has 5 nitrogen and oxygen atoms in total. The van der Waals surface area contributed by atoms with Gasteiger partial charge in [0.05, 0.1) is 25.1 Å². The minimum absolute atomic E-state index is 0.0973. The first kappa shape index (κ1) is 22.1. The van der Waals surface area contributed by atoms with E-state index in [4.69, 9.17) is 4.74 Å². The van der Waals surface area contributed by atoms with Crippen molar-refractivity contribution in [2.24, 2.45) is 10.2 Å². The van der Waals surface area contributed by atoms with Crippen LogP contribution in [0.3, 0.4) is 0 Å². The molecule has 1 amide bonds. The van der Waals surface area contributed by atoms with Crippen LogP contribution >= 0.6 is 11.8 Å². The number of benzene rings is 3. The maximum Gasteiger partial charge on any atom is 0.242 e. The number of nitrogens with zero attached hydrogens (tertiary/aromatic N) is 3. The molecule has 32 heavy (non-hydrogen) atoms. The molecule has 0 aromatic heterocycles. The van der Waals surface area contributed by atoms with Gasteiger partial charge in [-0.25, -0.2) is 0 Å². The molecule has 1 aliphatic heterocycles. The fraction of sp³-hybridized carbons (Fsp3) is 0.269. The predicted molar refractivity (Wildman–Crippen MR) is 133 cm³/mol. The van der Waals surface area contributed by atoms with Gasteiger partial charge >= 0.3 is 0 Å². The molecule has 1 unspecified atom stereocenters. The highest BCUT2D eigenvalue weighted by Crippen LogP contribution is 2.33. The summed E-state index contributed by atoms with van der Waals surface area (Å²) >= 11 is 1.53. The number of methoxy groups -OCH3 is 1. The molecule has 4 rings (SSSR count). The Kier molecular flexibility index (Phi) is 7.22. The van der Waals surface area contributed by atoms with Gasteiger partial charge in [-0.3, -0.25) is 9.69 Å². The van der Waals surface area contributed by atoms with Gasteiger partial charge < -0.3 is 4.74 Å². The Bertz CT molecular complexity index is 1140. The first-order valence-electron chi connectivity index (χ1n) is 10.9. The molecule has 1 saturated heterocycles. The Morgan fingerprint density at radius 3 is 2.62 bits per heavy atom. The summed E-state index contributed by atoms with van der Waals surface area (Å²) in [6.07, 6.45) is 4.64. The standard InChI is InChI=1S/C26H27N3O2S/c1-3-4-12-24-25(30)29(18-21-10-7-9-20-8-5-6-11-23(20)21)26(32-24)28-27-17-19-13-15-22(31-2)16-14-19/h5-11,13-17,24H,3-4,12,18H2,1-2H3/b27-17+,28-26-. The maximum atomic E-state index is 13.2. The van der Waals surface area contributed by atoms with E-state index in [-0.39, 0.29) is 11.2 Å². The minimum atomic E-state index is -0.0973. The third kappa shape index (κ3) is 5.02. The van der Waals surface area contributed by atoms with Crippen molar-refractivity contribution < 1.29 is 9.53 Å². The lowest BCUT2D eigenvalue weighted by Gasteiger charge is -2.17. The van der Waals surface area contributed by atoms with Crippen LogP contribution in [0.5, 0.6) is 5.75 Å². The van der Waals surface area contributed by atoms with Crippen molar-refractivity contribution in [3.63, 3.8) is 0 Å². The smallest absolute Gasteiger partial charge is 0.242 e. The molecule has 1 aliphatic rings. The quantitative estimate of drug-likeness (QED) is 0.322. The van der Waals surface area contributed by atoms with Crippen molar-refractivity contribution in [1.82, 2.24) is 4.90 Å². The summed E-state index contributed by atoms with van der Waals surface area (Å²) in [5, 5.41) is 11.6. The molecule has 0 aliphatic carbocycles. The third-order valence-corrected chi connectivity index (χ3v) is 6.75. The van der Waals surface area contributed by atoms with Crippen LogP contribution in [-0.4, -0.2) is 34.5 Å². The summed E-state index contributed by atoms with van der Waals surface area (Å²) in [6.45, 7) is 2.64. The summed E-state index contributed by atoms with van der Waals surface area (Å²) in [5.41, 5.74) is 2.03. The lowest BCUT2D eigenvalue weighted by molar-refractivity contribution is -0.126. The number of amides is 1. The Balaban J connectivity index is 1.59. The van der Waals surface area contributed by atoms with Crippen LogP contribution in [0.15, 0.2) is 76.9 Å². The van der Waals surface area contributed by atoms with Gasteiger partial charge in [0.2, 0.25) is 5.91 Å². The van der Waals surface area contributed by atoms with Crippen molar-refractivity contribution >= 4 is 39.8 Å². The summed E-state index contributed by atoms with van der Waals surface area (Å²) in [5.74, 6) is 0.917. The van der Waals surface area contributed by atoms with Crippen LogP contribution in [0.25, 0.3) is 10.8 Å². The van der Waals surface area contributed by atoms with Gasteiger partial charge in [0.25, 0.3) is 0 Å². The summed E-state index contributed by atoms with van der Waals surface area (Å²) in [7, 11) is 1.64. The molecule has 0 spiro atoms. The molecule has 0 bridgehead atoms. The van der Waals surface area contributed by atoms with E-state index in [9.17, 15) is 4.79 Å². The maximum absolute atomic E-state index is 13.2. The van der Waals surface area contributed by atoms with Crippen molar-refractivity contribution in [2.75, 3.05) is 7.11 Å². The number of hydrogen-bond donors (Lipinski definition) is 0. The Morgan fingerprint density at radius 2 is 1.84 bits per heavy atom. The number of thioether (sulfide) groups is 1. The molecule has 0 N–H and O–H groups in total. The molecule has 0 saturated carbocycles. The van der Waals surface area contributed by atoms with E-state index in [0.717, 1.165) is 41.5 Å². The van der Waals surface area contributed by atoms with Crippen LogP contribution in [0, 0.1) is 0 Å². The van der Waals surface area contributed by atoms with Crippen molar-refractivity contribution in [3.8, 4) is 5.75 Å². The number of carbonyl (C=O) groups excluding carboxylic acids is 1. The highest BCUT2D eigenvalue weighted by Gasteiger charge is 2.37. The van der Waals surface area contributed by atoms with Crippen molar-refractivity contribution in [1.29, 1.82) is 0 Å². The highest BCUT2D eigenvalue weighted by molar-refractivity contribution is 8.15. The molecular weight excluding hydrogens is 418 g/mol. The largest absolute Gasteiger partial charge is 0.497 e. The average molecular weight is 446 g/mol. The van der Waals surface area contributed by atoms with Gasteiger partial charge in [0, 0.05) is 0 Å². The molecule has 6 heteroatoms. The first-order chi connectivity index (χ1) is 15.7. The zero-order valence-corrected chi connectivity index (χ0v) is 19.2. The first-order valence-corrected chi connectivity index (χ1v) is 11.8. The van der Waals surface area contributed by atoms with Gasteiger partial charge in [-0.15, -0.1) is 5.10 Å². The van der Waals surface area contributed by atoms with E-state index >= 15 is 0 Å². The normalized spacial score (nSPS) is 17.7. The van der Waals surface area contributed by atoms with Crippen LogP contribution in [-0.2, 0) is 11.3 Å². The Morgan fingerprint density at radius 1 is 1.06 bits per heavy atom. The second kappa shape index (κ2) is 10.5. The highest BCUT2D eigenvalue weighted by atomic mass is 32.2. The molecule has 1 fully saturated rings. The van der Waals surface area contributed by atoms with E-state index in [0.29, 0.717) is 11.7 Å². The van der Waals surface area contributed by atoms with E-state index < -0.39 is 0 Å². The second-order valence-electron chi connectivity index (χ2n) is 7.71. The van der Waals surface area contributed by atoms with Crippen LogP contribution < -0.4 is 4.74 Å². The van der Waals surface area contributed by atoms with E-state index in [1.165, 1.54) is 17.1 Å². The predicted octanol–water partition coefficient (Wildman–Crippen LogP) is 5.87. The van der Waals surface area contributed by atoms with Crippen LogP contribution in [0.4, 0.5) is 0 Å².